The number of carbonyl (C=O) groups excluding carboxylic acids is 1. The number of rotatable bonds is 6. The number of hydrogen-bond acceptors (Lipinski definition) is 5. The van der Waals surface area contributed by atoms with Gasteiger partial charge in [-0.25, -0.2) is 0 Å². The molecular formula is C20H21N3O3. The Balaban J connectivity index is 1.80. The summed E-state index contributed by atoms with van der Waals surface area (Å²) in [5.41, 5.74) is 1.41. The van der Waals surface area contributed by atoms with Crippen LogP contribution in [0.5, 0.6) is 5.75 Å². The molecule has 0 spiro atoms. The lowest BCUT2D eigenvalue weighted by Gasteiger charge is -2.18. The molecule has 1 heterocycles. The van der Waals surface area contributed by atoms with E-state index in [2.05, 4.69) is 15.5 Å². The Morgan fingerprint density at radius 3 is 2.38 bits per heavy atom. The standard InChI is InChI=1S/C20H21N3O3/c1-13(2)17(21-19(24)15-7-5-4-6-8-15)20-22-18(23-26-20)14-9-11-16(25-3)12-10-14/h4-13,17H,1-3H3,(H,21,24). The van der Waals surface area contributed by atoms with E-state index in [-0.39, 0.29) is 17.9 Å². The number of nitrogens with one attached hydrogen (secondary N) is 1. The van der Waals surface area contributed by atoms with Gasteiger partial charge in [0.05, 0.1) is 7.11 Å². The number of carbonyl (C=O) groups is 1. The van der Waals surface area contributed by atoms with Crippen LogP contribution in [0.3, 0.4) is 0 Å². The summed E-state index contributed by atoms with van der Waals surface area (Å²) in [6.45, 7) is 3.99. The molecule has 2 aromatic carbocycles. The van der Waals surface area contributed by atoms with Crippen molar-refractivity contribution in [2.45, 2.75) is 19.9 Å². The molecule has 0 aliphatic rings. The van der Waals surface area contributed by atoms with E-state index in [0.717, 1.165) is 11.3 Å². The molecule has 0 aliphatic heterocycles. The highest BCUT2D eigenvalue weighted by Gasteiger charge is 2.25. The maximum Gasteiger partial charge on any atom is 0.251 e. The summed E-state index contributed by atoms with van der Waals surface area (Å²) in [7, 11) is 1.62. The average molecular weight is 351 g/mol. The molecule has 134 valence electrons. The molecule has 0 fully saturated rings. The van der Waals surface area contributed by atoms with Gasteiger partial charge in [0, 0.05) is 11.1 Å². The minimum absolute atomic E-state index is 0.0897. The number of aromatic nitrogens is 2. The first-order valence-electron chi connectivity index (χ1n) is 8.42. The average Bonchev–Trinajstić information content (AvgIpc) is 3.16. The molecule has 1 aromatic heterocycles. The molecule has 1 unspecified atom stereocenters. The zero-order chi connectivity index (χ0) is 18.5. The first kappa shape index (κ1) is 17.7. The van der Waals surface area contributed by atoms with Gasteiger partial charge in [-0.05, 0) is 42.3 Å². The lowest BCUT2D eigenvalue weighted by atomic mass is 10.0. The molecular weight excluding hydrogens is 330 g/mol. The van der Waals surface area contributed by atoms with Crippen molar-refractivity contribution in [3.8, 4) is 17.1 Å². The van der Waals surface area contributed by atoms with Gasteiger partial charge in [0.25, 0.3) is 5.91 Å². The predicted octanol–water partition coefficient (Wildman–Crippen LogP) is 3.87. The monoisotopic (exact) mass is 351 g/mol. The predicted molar refractivity (Wildman–Crippen MR) is 97.8 cm³/mol. The van der Waals surface area contributed by atoms with Crippen molar-refractivity contribution in [1.29, 1.82) is 0 Å². The van der Waals surface area contributed by atoms with E-state index < -0.39 is 0 Å². The second kappa shape index (κ2) is 7.82. The van der Waals surface area contributed by atoms with Crippen LogP contribution < -0.4 is 10.1 Å². The molecule has 6 heteroatoms. The van der Waals surface area contributed by atoms with Crippen LogP contribution in [-0.2, 0) is 0 Å². The number of amides is 1. The van der Waals surface area contributed by atoms with E-state index in [1.165, 1.54) is 0 Å². The van der Waals surface area contributed by atoms with Gasteiger partial charge in [0.1, 0.15) is 11.8 Å². The Morgan fingerprint density at radius 2 is 1.77 bits per heavy atom. The SMILES string of the molecule is COc1ccc(-c2noc(C(NC(=O)c3ccccc3)C(C)C)n2)cc1. The summed E-state index contributed by atoms with van der Waals surface area (Å²) < 4.78 is 10.6. The maximum atomic E-state index is 12.5. The van der Waals surface area contributed by atoms with E-state index in [1.807, 2.05) is 56.3 Å². The van der Waals surface area contributed by atoms with Gasteiger partial charge < -0.3 is 14.6 Å². The molecule has 0 bridgehead atoms. The smallest absolute Gasteiger partial charge is 0.251 e. The fraction of sp³-hybridized carbons (Fsp3) is 0.250. The molecule has 6 nitrogen and oxygen atoms in total. The largest absolute Gasteiger partial charge is 0.497 e. The van der Waals surface area contributed by atoms with Crippen LogP contribution >= 0.6 is 0 Å². The van der Waals surface area contributed by atoms with Crippen molar-refractivity contribution < 1.29 is 14.1 Å². The minimum Gasteiger partial charge on any atom is -0.497 e. The van der Waals surface area contributed by atoms with Crippen LogP contribution in [0.15, 0.2) is 59.1 Å². The van der Waals surface area contributed by atoms with E-state index in [9.17, 15) is 4.79 Å². The second-order valence-corrected chi connectivity index (χ2v) is 6.25. The van der Waals surface area contributed by atoms with E-state index >= 15 is 0 Å². The van der Waals surface area contributed by atoms with Gasteiger partial charge in [-0.1, -0.05) is 37.2 Å². The Hall–Kier alpha value is -3.15. The van der Waals surface area contributed by atoms with Crippen molar-refractivity contribution in [3.63, 3.8) is 0 Å². The molecule has 3 rings (SSSR count). The highest BCUT2D eigenvalue weighted by atomic mass is 16.5. The number of ether oxygens (including phenoxy) is 1. The summed E-state index contributed by atoms with van der Waals surface area (Å²) >= 11 is 0. The van der Waals surface area contributed by atoms with Gasteiger partial charge >= 0.3 is 0 Å². The van der Waals surface area contributed by atoms with E-state index in [1.54, 1.807) is 19.2 Å². The first-order chi connectivity index (χ1) is 12.6. The third kappa shape index (κ3) is 3.91. The first-order valence-corrected chi connectivity index (χ1v) is 8.42. The van der Waals surface area contributed by atoms with Crippen LogP contribution in [0.4, 0.5) is 0 Å². The van der Waals surface area contributed by atoms with Crippen LogP contribution in [0.2, 0.25) is 0 Å². The third-order valence-electron chi connectivity index (χ3n) is 4.05. The Labute approximate surface area is 152 Å². The Morgan fingerprint density at radius 1 is 1.08 bits per heavy atom. The lowest BCUT2D eigenvalue weighted by Crippen LogP contribution is -2.32. The molecule has 1 atom stereocenters. The van der Waals surface area contributed by atoms with Gasteiger partial charge in [-0.2, -0.15) is 4.98 Å². The molecule has 1 amide bonds. The third-order valence-corrected chi connectivity index (χ3v) is 4.05. The van der Waals surface area contributed by atoms with Crippen molar-refractivity contribution in [1.82, 2.24) is 15.5 Å². The summed E-state index contributed by atoms with van der Waals surface area (Å²) in [5.74, 6) is 1.53. The van der Waals surface area contributed by atoms with Crippen LogP contribution in [0.1, 0.15) is 36.1 Å². The van der Waals surface area contributed by atoms with E-state index in [4.69, 9.17) is 9.26 Å². The zero-order valence-corrected chi connectivity index (χ0v) is 15.0. The van der Waals surface area contributed by atoms with Gasteiger partial charge in [-0.15, -0.1) is 0 Å². The van der Waals surface area contributed by atoms with Crippen LogP contribution in [0.25, 0.3) is 11.4 Å². The fourth-order valence-electron chi connectivity index (χ4n) is 2.55. The molecule has 26 heavy (non-hydrogen) atoms. The summed E-state index contributed by atoms with van der Waals surface area (Å²) in [6, 6.07) is 16.1. The fourth-order valence-corrected chi connectivity index (χ4v) is 2.55. The molecule has 0 saturated carbocycles. The highest BCUT2D eigenvalue weighted by Crippen LogP contribution is 2.25. The molecule has 3 aromatic rings. The Kier molecular flexibility index (Phi) is 5.31. The number of hydrogen-bond donors (Lipinski definition) is 1. The topological polar surface area (TPSA) is 77.3 Å². The number of methoxy groups -OCH3 is 1. The van der Waals surface area contributed by atoms with Crippen molar-refractivity contribution >= 4 is 5.91 Å². The second-order valence-electron chi connectivity index (χ2n) is 6.25. The number of benzene rings is 2. The van der Waals surface area contributed by atoms with Crippen molar-refractivity contribution in [2.75, 3.05) is 7.11 Å². The van der Waals surface area contributed by atoms with Crippen LogP contribution in [0, 0.1) is 5.92 Å². The van der Waals surface area contributed by atoms with Crippen molar-refractivity contribution in [2.24, 2.45) is 5.92 Å². The van der Waals surface area contributed by atoms with Gasteiger partial charge in [-0.3, -0.25) is 4.79 Å². The summed E-state index contributed by atoms with van der Waals surface area (Å²) in [6.07, 6.45) is 0. The van der Waals surface area contributed by atoms with E-state index in [0.29, 0.717) is 17.3 Å². The maximum absolute atomic E-state index is 12.5. The quantitative estimate of drug-likeness (QED) is 0.729. The zero-order valence-electron chi connectivity index (χ0n) is 15.0. The minimum atomic E-state index is -0.373. The highest BCUT2D eigenvalue weighted by molar-refractivity contribution is 5.94. The van der Waals surface area contributed by atoms with Crippen LogP contribution in [-0.4, -0.2) is 23.2 Å². The van der Waals surface area contributed by atoms with Crippen molar-refractivity contribution in [3.05, 3.63) is 66.1 Å². The van der Waals surface area contributed by atoms with Gasteiger partial charge in [0.2, 0.25) is 11.7 Å². The number of nitrogens with zero attached hydrogens (tertiary/aromatic N) is 2. The molecule has 0 aliphatic carbocycles. The summed E-state index contributed by atoms with van der Waals surface area (Å²) in [5, 5.41) is 7.02. The molecule has 1 N–H and O–H groups in total. The van der Waals surface area contributed by atoms with Gasteiger partial charge in [0.15, 0.2) is 0 Å². The molecule has 0 saturated heterocycles. The lowest BCUT2D eigenvalue weighted by molar-refractivity contribution is 0.0914. The molecule has 0 radical (unpaired) electrons. The Bertz CT molecular complexity index is 858. The summed E-state index contributed by atoms with van der Waals surface area (Å²) in [4.78, 5) is 16.9. The normalized spacial score (nSPS) is 12.0.